The highest BCUT2D eigenvalue weighted by Crippen LogP contribution is 2.23. The van der Waals surface area contributed by atoms with Crippen molar-refractivity contribution in [2.24, 2.45) is 5.92 Å². The molecule has 0 saturated carbocycles. The molecule has 3 saturated heterocycles. The van der Waals surface area contributed by atoms with Gasteiger partial charge in [-0.05, 0) is 64.3 Å². The fourth-order valence-electron chi connectivity index (χ4n) is 4.16. The van der Waals surface area contributed by atoms with Crippen LogP contribution < -0.4 is 0 Å². The van der Waals surface area contributed by atoms with Gasteiger partial charge in [-0.25, -0.2) is 0 Å². The van der Waals surface area contributed by atoms with Crippen LogP contribution in [0.4, 0.5) is 0 Å². The first kappa shape index (κ1) is 12.9. The van der Waals surface area contributed by atoms with E-state index in [4.69, 9.17) is 0 Å². The van der Waals surface area contributed by atoms with Crippen molar-refractivity contribution < 1.29 is 0 Å². The van der Waals surface area contributed by atoms with Gasteiger partial charge in [0.1, 0.15) is 0 Å². The second-order valence-electron chi connectivity index (χ2n) is 6.49. The molecule has 18 heavy (non-hydrogen) atoms. The van der Waals surface area contributed by atoms with Crippen LogP contribution in [0.1, 0.15) is 32.6 Å². The number of nitrogens with zero attached hydrogens (tertiary/aromatic N) is 3. The molecule has 0 bridgehead atoms. The van der Waals surface area contributed by atoms with Crippen molar-refractivity contribution in [1.29, 1.82) is 0 Å². The topological polar surface area (TPSA) is 9.72 Å². The fourth-order valence-corrected chi connectivity index (χ4v) is 4.16. The Morgan fingerprint density at radius 1 is 0.889 bits per heavy atom. The van der Waals surface area contributed by atoms with Crippen LogP contribution >= 0.6 is 0 Å². The van der Waals surface area contributed by atoms with Crippen molar-refractivity contribution in [3.63, 3.8) is 0 Å². The highest BCUT2D eigenvalue weighted by molar-refractivity contribution is 4.86. The molecule has 3 aliphatic heterocycles. The van der Waals surface area contributed by atoms with Crippen LogP contribution in [-0.2, 0) is 0 Å². The predicted octanol–water partition coefficient (Wildman–Crippen LogP) is 1.50. The van der Waals surface area contributed by atoms with E-state index in [2.05, 4.69) is 21.6 Å². The Morgan fingerprint density at radius 2 is 1.78 bits per heavy atom. The maximum absolute atomic E-state index is 2.78. The minimum atomic E-state index is 0.885. The van der Waals surface area contributed by atoms with Gasteiger partial charge in [-0.2, -0.15) is 0 Å². The van der Waals surface area contributed by atoms with E-state index in [1.165, 1.54) is 78.0 Å². The molecule has 2 atom stereocenters. The molecule has 0 amide bonds. The fraction of sp³-hybridized carbons (Fsp3) is 1.00. The molecule has 0 aliphatic carbocycles. The lowest BCUT2D eigenvalue weighted by Gasteiger charge is -2.27. The van der Waals surface area contributed by atoms with Crippen LogP contribution in [0, 0.1) is 5.92 Å². The summed E-state index contributed by atoms with van der Waals surface area (Å²) in [5.41, 5.74) is 0. The minimum absolute atomic E-state index is 0.885. The summed E-state index contributed by atoms with van der Waals surface area (Å²) in [4.78, 5) is 8.14. The van der Waals surface area contributed by atoms with Gasteiger partial charge in [0.05, 0.1) is 0 Å². The van der Waals surface area contributed by atoms with Crippen molar-refractivity contribution in [3.05, 3.63) is 0 Å². The summed E-state index contributed by atoms with van der Waals surface area (Å²) < 4.78 is 0. The Kier molecular flexibility index (Phi) is 4.22. The zero-order valence-electron chi connectivity index (χ0n) is 12.0. The summed E-state index contributed by atoms with van der Waals surface area (Å²) in [6.45, 7) is 13.0. The molecule has 0 spiro atoms. The lowest BCUT2D eigenvalue weighted by Crippen LogP contribution is -2.39. The molecule has 3 fully saturated rings. The number of hydrogen-bond acceptors (Lipinski definition) is 3. The van der Waals surface area contributed by atoms with Gasteiger partial charge in [-0.15, -0.1) is 0 Å². The minimum Gasteiger partial charge on any atom is -0.303 e. The first-order valence-electron chi connectivity index (χ1n) is 8.04. The van der Waals surface area contributed by atoms with Crippen LogP contribution in [-0.4, -0.2) is 73.1 Å². The van der Waals surface area contributed by atoms with Crippen molar-refractivity contribution in [2.75, 3.05) is 52.4 Å². The van der Waals surface area contributed by atoms with E-state index in [0.29, 0.717) is 0 Å². The lowest BCUT2D eigenvalue weighted by atomic mass is 10.1. The van der Waals surface area contributed by atoms with Crippen LogP contribution in [0.3, 0.4) is 0 Å². The summed E-state index contributed by atoms with van der Waals surface area (Å²) in [6, 6.07) is 0.885. The van der Waals surface area contributed by atoms with Gasteiger partial charge < -0.3 is 9.80 Å². The van der Waals surface area contributed by atoms with Gasteiger partial charge in [0.25, 0.3) is 0 Å². The lowest BCUT2D eigenvalue weighted by molar-refractivity contribution is 0.197. The molecule has 3 aliphatic rings. The third kappa shape index (κ3) is 2.89. The van der Waals surface area contributed by atoms with E-state index in [1.807, 2.05) is 0 Å². The molecule has 3 nitrogen and oxygen atoms in total. The van der Waals surface area contributed by atoms with Gasteiger partial charge >= 0.3 is 0 Å². The van der Waals surface area contributed by atoms with Crippen molar-refractivity contribution in [1.82, 2.24) is 14.7 Å². The first-order chi connectivity index (χ1) is 8.85. The molecule has 3 heterocycles. The molecular weight excluding hydrogens is 222 g/mol. The largest absolute Gasteiger partial charge is 0.303 e. The smallest absolute Gasteiger partial charge is 0.0223 e. The molecule has 2 unspecified atom stereocenters. The molecule has 0 radical (unpaired) electrons. The van der Waals surface area contributed by atoms with E-state index in [-0.39, 0.29) is 0 Å². The van der Waals surface area contributed by atoms with Crippen molar-refractivity contribution in [3.8, 4) is 0 Å². The average molecular weight is 251 g/mol. The quantitative estimate of drug-likeness (QED) is 0.752. The number of rotatable bonds is 3. The zero-order valence-corrected chi connectivity index (χ0v) is 12.0. The Morgan fingerprint density at radius 3 is 2.61 bits per heavy atom. The third-order valence-electron chi connectivity index (χ3n) is 5.22. The zero-order chi connectivity index (χ0) is 12.4. The molecule has 0 aromatic rings. The Labute approximate surface area is 112 Å². The Hall–Kier alpha value is -0.120. The average Bonchev–Trinajstić information content (AvgIpc) is 2.96. The van der Waals surface area contributed by atoms with Crippen LogP contribution in [0.15, 0.2) is 0 Å². The molecule has 3 heteroatoms. The summed E-state index contributed by atoms with van der Waals surface area (Å²) in [5.74, 6) is 0.943. The van der Waals surface area contributed by atoms with Crippen LogP contribution in [0.5, 0.6) is 0 Å². The first-order valence-corrected chi connectivity index (χ1v) is 8.04. The second kappa shape index (κ2) is 5.89. The highest BCUT2D eigenvalue weighted by Gasteiger charge is 2.30. The maximum Gasteiger partial charge on any atom is 0.0223 e. The molecule has 104 valence electrons. The van der Waals surface area contributed by atoms with Gasteiger partial charge in [-0.1, -0.05) is 6.92 Å². The van der Waals surface area contributed by atoms with Crippen molar-refractivity contribution in [2.45, 2.75) is 38.6 Å². The molecular formula is C15H29N3. The summed E-state index contributed by atoms with van der Waals surface area (Å²) in [7, 11) is 0. The highest BCUT2D eigenvalue weighted by atomic mass is 15.3. The third-order valence-corrected chi connectivity index (χ3v) is 5.22. The van der Waals surface area contributed by atoms with Crippen LogP contribution in [0.2, 0.25) is 0 Å². The Bertz CT molecular complexity index is 268. The summed E-state index contributed by atoms with van der Waals surface area (Å²) >= 11 is 0. The van der Waals surface area contributed by atoms with Crippen molar-refractivity contribution >= 4 is 0 Å². The van der Waals surface area contributed by atoms with Crippen LogP contribution in [0.25, 0.3) is 0 Å². The Balaban J connectivity index is 1.50. The summed E-state index contributed by atoms with van der Waals surface area (Å²) in [6.07, 6.45) is 5.70. The maximum atomic E-state index is 2.78. The molecule has 0 aromatic carbocycles. The van der Waals surface area contributed by atoms with E-state index in [0.717, 1.165) is 12.0 Å². The molecule has 0 aromatic heterocycles. The van der Waals surface area contributed by atoms with E-state index in [9.17, 15) is 0 Å². The van der Waals surface area contributed by atoms with Gasteiger partial charge in [-0.3, -0.25) is 4.90 Å². The molecule has 0 N–H and O–H groups in total. The normalized spacial score (nSPS) is 35.8. The predicted molar refractivity (Wildman–Crippen MR) is 75.9 cm³/mol. The molecule has 3 rings (SSSR count). The monoisotopic (exact) mass is 251 g/mol. The van der Waals surface area contributed by atoms with E-state index < -0.39 is 0 Å². The standard InChI is InChI=1S/C15H29N3/c1-2-16-10-6-14(11-16)12-17-7-4-9-18-8-3-5-15(18)13-17/h14-15H,2-13H2,1H3. The van der Waals surface area contributed by atoms with Gasteiger partial charge in [0.2, 0.25) is 0 Å². The van der Waals surface area contributed by atoms with Gasteiger partial charge in [0, 0.05) is 25.7 Å². The number of hydrogen-bond donors (Lipinski definition) is 0. The number of fused-ring (bicyclic) bond motifs is 1. The summed E-state index contributed by atoms with van der Waals surface area (Å²) in [5, 5.41) is 0. The SMILES string of the molecule is CCN1CCC(CN2CCCN3CCCC3C2)C1. The van der Waals surface area contributed by atoms with E-state index >= 15 is 0 Å². The number of likely N-dealkylation sites (tertiary alicyclic amines) is 1. The van der Waals surface area contributed by atoms with E-state index in [1.54, 1.807) is 0 Å². The van der Waals surface area contributed by atoms with Gasteiger partial charge in [0.15, 0.2) is 0 Å². The second-order valence-corrected chi connectivity index (χ2v) is 6.49.